The van der Waals surface area contributed by atoms with Crippen LogP contribution in [-0.4, -0.2) is 49.6 Å². The summed E-state index contributed by atoms with van der Waals surface area (Å²) < 4.78 is 12.7. The predicted octanol–water partition coefficient (Wildman–Crippen LogP) is 1.94. The molecular formula is C16H20N5O4PS. The predicted molar refractivity (Wildman–Crippen MR) is 105 cm³/mol. The summed E-state index contributed by atoms with van der Waals surface area (Å²) in [5.41, 5.74) is 8.88. The van der Waals surface area contributed by atoms with Gasteiger partial charge in [0.1, 0.15) is 12.1 Å². The maximum atomic E-state index is 9.23. The van der Waals surface area contributed by atoms with Gasteiger partial charge < -0.3 is 30.0 Å². The van der Waals surface area contributed by atoms with Crippen LogP contribution in [0.15, 0.2) is 24.3 Å². The van der Waals surface area contributed by atoms with Crippen LogP contribution in [0.3, 0.4) is 0 Å². The normalized spacial score (nSPS) is 11.4. The van der Waals surface area contributed by atoms with Crippen LogP contribution < -0.4 is 10.5 Å². The van der Waals surface area contributed by atoms with E-state index in [4.69, 9.17) is 27.4 Å². The number of H-pyrrole nitrogens is 1. The van der Waals surface area contributed by atoms with Crippen LogP contribution >= 0.6 is 20.6 Å². The highest BCUT2D eigenvalue weighted by molar-refractivity contribution is 7.71. The summed E-state index contributed by atoms with van der Waals surface area (Å²) in [6.45, 7) is 1.15. The number of hydrogen-bond acceptors (Lipinski definition) is 8. The minimum Gasteiger partial charge on any atom is -0.461 e. The maximum absolute atomic E-state index is 9.23. The lowest BCUT2D eigenvalue weighted by Crippen LogP contribution is -2.09. The van der Waals surface area contributed by atoms with Gasteiger partial charge in [0, 0.05) is 13.3 Å². The minimum atomic E-state index is -1.99. The molecule has 3 rings (SSSR count). The first-order chi connectivity index (χ1) is 13.0. The van der Waals surface area contributed by atoms with Crippen LogP contribution in [-0.2, 0) is 17.4 Å². The van der Waals surface area contributed by atoms with Gasteiger partial charge in [-0.3, -0.25) is 4.57 Å². The molecule has 11 heteroatoms. The smallest absolute Gasteiger partial charge is 0.320 e. The zero-order valence-electron chi connectivity index (χ0n) is 14.6. The third-order valence-corrected chi connectivity index (χ3v) is 4.78. The Kier molecular flexibility index (Phi) is 6.35. The molecule has 1 aromatic carbocycles. The zero-order chi connectivity index (χ0) is 19.4. The fraction of sp³-hybridized carbons (Fsp3) is 0.312. The Morgan fingerprint density at radius 2 is 2.04 bits per heavy atom. The molecule has 27 heavy (non-hydrogen) atoms. The molecule has 0 aliphatic heterocycles. The molecule has 5 N–H and O–H groups in total. The van der Waals surface area contributed by atoms with Crippen LogP contribution in [0.1, 0.15) is 11.1 Å². The van der Waals surface area contributed by atoms with Crippen LogP contribution in [0, 0.1) is 4.77 Å². The van der Waals surface area contributed by atoms with Gasteiger partial charge in [-0.1, -0.05) is 24.3 Å². The van der Waals surface area contributed by atoms with E-state index in [1.807, 2.05) is 24.3 Å². The SMILES string of the molecule is COCCOc1nc(N)c2[nH]c(=S)n(Cc3cccc(CP(O)O)c3)c2n1. The molecule has 0 saturated heterocycles. The number of aromatic amines is 1. The van der Waals surface area contributed by atoms with Crippen molar-refractivity contribution in [1.82, 2.24) is 19.5 Å². The number of anilines is 1. The van der Waals surface area contributed by atoms with Gasteiger partial charge >= 0.3 is 6.01 Å². The number of aromatic nitrogens is 4. The van der Waals surface area contributed by atoms with E-state index in [1.165, 1.54) is 0 Å². The Hall–Kier alpha value is -2.10. The molecule has 2 aromatic heterocycles. The summed E-state index contributed by atoms with van der Waals surface area (Å²) >= 11 is 5.41. The van der Waals surface area contributed by atoms with E-state index in [-0.39, 0.29) is 18.0 Å². The zero-order valence-corrected chi connectivity index (χ0v) is 16.3. The highest BCUT2D eigenvalue weighted by Gasteiger charge is 2.14. The van der Waals surface area contributed by atoms with Gasteiger partial charge in [-0.2, -0.15) is 9.97 Å². The molecule has 0 amide bonds. The van der Waals surface area contributed by atoms with Gasteiger partial charge in [-0.15, -0.1) is 0 Å². The van der Waals surface area contributed by atoms with E-state index in [0.717, 1.165) is 11.1 Å². The molecule has 3 aromatic rings. The van der Waals surface area contributed by atoms with Gasteiger partial charge in [-0.25, -0.2) is 0 Å². The number of nitrogen functional groups attached to an aromatic ring is 1. The number of hydrogen-bond donors (Lipinski definition) is 4. The van der Waals surface area contributed by atoms with Crippen molar-refractivity contribution in [1.29, 1.82) is 0 Å². The molecule has 0 fully saturated rings. The molecular weight excluding hydrogens is 389 g/mol. The lowest BCUT2D eigenvalue weighted by atomic mass is 10.1. The lowest BCUT2D eigenvalue weighted by Gasteiger charge is -2.09. The number of nitrogens with two attached hydrogens (primary N) is 1. The molecule has 0 aliphatic carbocycles. The van der Waals surface area contributed by atoms with Crippen molar-refractivity contribution in [2.75, 3.05) is 26.1 Å². The first-order valence-electron chi connectivity index (χ1n) is 8.09. The van der Waals surface area contributed by atoms with Crippen molar-refractivity contribution in [3.63, 3.8) is 0 Å². The topological polar surface area (TPSA) is 131 Å². The highest BCUT2D eigenvalue weighted by Crippen LogP contribution is 2.29. The summed E-state index contributed by atoms with van der Waals surface area (Å²) in [7, 11) is -0.408. The summed E-state index contributed by atoms with van der Waals surface area (Å²) in [6.07, 6.45) is 0.217. The fourth-order valence-electron chi connectivity index (χ4n) is 2.63. The molecule has 9 nitrogen and oxygen atoms in total. The van der Waals surface area contributed by atoms with E-state index in [2.05, 4.69) is 15.0 Å². The summed E-state index contributed by atoms with van der Waals surface area (Å²) in [5.74, 6) is 0.247. The monoisotopic (exact) mass is 409 g/mol. The molecule has 0 atom stereocenters. The molecule has 2 heterocycles. The summed E-state index contributed by atoms with van der Waals surface area (Å²) in [5, 5.41) is 0. The van der Waals surface area contributed by atoms with Gasteiger partial charge in [0.25, 0.3) is 0 Å². The Morgan fingerprint density at radius 1 is 1.26 bits per heavy atom. The molecule has 0 aliphatic rings. The number of ether oxygens (including phenoxy) is 2. The van der Waals surface area contributed by atoms with Crippen LogP contribution in [0.5, 0.6) is 6.01 Å². The Morgan fingerprint density at radius 3 is 2.78 bits per heavy atom. The average molecular weight is 409 g/mol. The van der Waals surface area contributed by atoms with Crippen molar-refractivity contribution in [2.45, 2.75) is 12.7 Å². The molecule has 0 spiro atoms. The number of nitrogens with zero attached hydrogens (tertiary/aromatic N) is 3. The van der Waals surface area contributed by atoms with Crippen molar-refractivity contribution in [3.05, 3.63) is 40.2 Å². The first-order valence-corrected chi connectivity index (χ1v) is 9.93. The van der Waals surface area contributed by atoms with Gasteiger partial charge in [0.05, 0.1) is 13.2 Å². The minimum absolute atomic E-state index is 0.153. The Labute approximate surface area is 161 Å². The Bertz CT molecular complexity index is 991. The van der Waals surface area contributed by atoms with Crippen molar-refractivity contribution in [3.8, 4) is 6.01 Å². The first kappa shape index (κ1) is 19.7. The third kappa shape index (κ3) is 4.79. The fourth-order valence-corrected chi connectivity index (χ4v) is 3.41. The van der Waals surface area contributed by atoms with E-state index in [0.29, 0.717) is 35.7 Å². The lowest BCUT2D eigenvalue weighted by molar-refractivity contribution is 0.141. The van der Waals surface area contributed by atoms with Crippen LogP contribution in [0.2, 0.25) is 0 Å². The molecule has 0 unspecified atom stereocenters. The quantitative estimate of drug-likeness (QED) is 0.252. The number of nitrogens with one attached hydrogen (secondary N) is 1. The molecule has 0 saturated carbocycles. The summed E-state index contributed by atoms with van der Waals surface area (Å²) in [6, 6.07) is 7.70. The third-order valence-electron chi connectivity index (χ3n) is 3.80. The second kappa shape index (κ2) is 8.73. The number of imidazole rings is 1. The van der Waals surface area contributed by atoms with Crippen LogP contribution in [0.25, 0.3) is 11.2 Å². The Balaban J connectivity index is 1.94. The van der Waals surface area contributed by atoms with Crippen LogP contribution in [0.4, 0.5) is 5.82 Å². The van der Waals surface area contributed by atoms with E-state index in [1.54, 1.807) is 11.7 Å². The van der Waals surface area contributed by atoms with E-state index in [9.17, 15) is 9.79 Å². The van der Waals surface area contributed by atoms with Crippen molar-refractivity contribution in [2.24, 2.45) is 0 Å². The maximum Gasteiger partial charge on any atom is 0.320 e. The van der Waals surface area contributed by atoms with Crippen molar-refractivity contribution >= 4 is 37.6 Å². The van der Waals surface area contributed by atoms with E-state index < -0.39 is 8.38 Å². The number of methoxy groups -OCH3 is 1. The number of rotatable bonds is 8. The van der Waals surface area contributed by atoms with E-state index >= 15 is 0 Å². The average Bonchev–Trinajstić information content (AvgIpc) is 2.92. The second-order valence-electron chi connectivity index (χ2n) is 5.80. The van der Waals surface area contributed by atoms with Crippen molar-refractivity contribution < 1.29 is 19.3 Å². The largest absolute Gasteiger partial charge is 0.461 e. The number of fused-ring (bicyclic) bond motifs is 1. The standard InChI is InChI=1S/C16H20N5O4PS/c1-24-5-6-25-15-19-13(17)12-14(20-15)21(16(27)18-12)8-10-3-2-4-11(7-10)9-26(22)23/h2-4,7,22-23H,5-6,8-9H2,1H3,(H,18,27)(H2,17,19,20). The highest BCUT2D eigenvalue weighted by atomic mass is 32.1. The summed E-state index contributed by atoms with van der Waals surface area (Å²) in [4.78, 5) is 30.0. The van der Waals surface area contributed by atoms with Gasteiger partial charge in [0.2, 0.25) is 0 Å². The molecule has 0 bridgehead atoms. The van der Waals surface area contributed by atoms with Gasteiger partial charge in [-0.05, 0) is 23.3 Å². The van der Waals surface area contributed by atoms with Gasteiger partial charge in [0.15, 0.2) is 24.6 Å². The number of benzene rings is 1. The molecule has 0 radical (unpaired) electrons. The molecule has 144 valence electrons. The second-order valence-corrected chi connectivity index (χ2v) is 7.25.